The monoisotopic (exact) mass is 364 g/mol. The van der Waals surface area contributed by atoms with Crippen LogP contribution in [0.4, 0.5) is 4.39 Å². The molecule has 0 aromatic heterocycles. The van der Waals surface area contributed by atoms with Crippen LogP contribution in [0.1, 0.15) is 65.2 Å². The predicted molar refractivity (Wildman–Crippen MR) is 99.5 cm³/mol. The Morgan fingerprint density at radius 3 is 2.69 bits per heavy atom. The molecule has 0 spiro atoms. The number of oxime groups is 1. The van der Waals surface area contributed by atoms with Crippen LogP contribution in [0.5, 0.6) is 0 Å². The van der Waals surface area contributed by atoms with Gasteiger partial charge in [0.2, 0.25) is 0 Å². The van der Waals surface area contributed by atoms with Crippen molar-refractivity contribution in [2.24, 2.45) is 45.4 Å². The van der Waals surface area contributed by atoms with Crippen LogP contribution in [-0.4, -0.2) is 30.8 Å². The fraction of sp³-hybridized carbons (Fsp3) is 0.905. The van der Waals surface area contributed by atoms with Crippen LogP contribution >= 0.6 is 0 Å². The van der Waals surface area contributed by atoms with E-state index in [1.54, 1.807) is 0 Å². The van der Waals surface area contributed by atoms with Gasteiger partial charge in [0.15, 0.2) is 0 Å². The molecule has 0 bridgehead atoms. The molecule has 0 aliphatic heterocycles. The number of rotatable bonds is 3. The Hall–Kier alpha value is -0.970. The summed E-state index contributed by atoms with van der Waals surface area (Å²) in [5.74, 6) is 2.19. The molecule has 0 saturated heterocycles. The molecule has 4 aliphatic rings. The number of halogens is 1. The van der Waals surface area contributed by atoms with Crippen molar-refractivity contribution in [3.63, 3.8) is 0 Å². The molecular weight excluding hydrogens is 331 g/mol. The zero-order chi connectivity index (χ0) is 18.5. The molecule has 0 radical (unpaired) electrons. The van der Waals surface area contributed by atoms with Gasteiger partial charge in [0.25, 0.3) is 0 Å². The molecule has 0 amide bonds. The Labute approximate surface area is 156 Å². The SMILES string of the molecule is C[C@]12CCC(=NOCCN)C(F)C1CC[C@@H]1[C@H]2CC[C@]2(C)C(=O)CC[C@@H]12. The molecule has 26 heavy (non-hydrogen) atoms. The number of nitrogens with zero attached hydrogens (tertiary/aromatic N) is 1. The third-order valence-corrected chi connectivity index (χ3v) is 8.63. The van der Waals surface area contributed by atoms with Gasteiger partial charge in [0, 0.05) is 24.3 Å². The number of hydrogen-bond acceptors (Lipinski definition) is 4. The van der Waals surface area contributed by atoms with Crippen LogP contribution in [0.2, 0.25) is 0 Å². The Morgan fingerprint density at radius 2 is 1.92 bits per heavy atom. The van der Waals surface area contributed by atoms with Gasteiger partial charge in [-0.3, -0.25) is 4.79 Å². The molecule has 4 aliphatic carbocycles. The number of carbonyl (C=O) groups excluding carboxylic acids is 1. The molecule has 0 aromatic rings. The maximum atomic E-state index is 15.3. The van der Waals surface area contributed by atoms with Crippen molar-refractivity contribution in [1.29, 1.82) is 0 Å². The molecule has 2 N–H and O–H groups in total. The second kappa shape index (κ2) is 6.57. The van der Waals surface area contributed by atoms with E-state index in [0.717, 1.165) is 44.9 Å². The van der Waals surface area contributed by atoms with Crippen molar-refractivity contribution >= 4 is 11.5 Å². The Morgan fingerprint density at radius 1 is 1.12 bits per heavy atom. The zero-order valence-electron chi connectivity index (χ0n) is 16.2. The average Bonchev–Trinajstić information content (AvgIpc) is 2.92. The lowest BCUT2D eigenvalue weighted by atomic mass is 9.45. The summed E-state index contributed by atoms with van der Waals surface area (Å²) in [6.07, 6.45) is 6.54. The Balaban J connectivity index is 1.55. The molecule has 0 heterocycles. The summed E-state index contributed by atoms with van der Waals surface area (Å²) in [5, 5.41) is 4.07. The van der Waals surface area contributed by atoms with E-state index in [2.05, 4.69) is 19.0 Å². The fourth-order valence-corrected chi connectivity index (χ4v) is 7.15. The van der Waals surface area contributed by atoms with Gasteiger partial charge in [-0.15, -0.1) is 0 Å². The summed E-state index contributed by atoms with van der Waals surface area (Å²) < 4.78 is 15.3. The maximum Gasteiger partial charge on any atom is 0.145 e. The number of Topliss-reactive ketones (excluding diaryl/α,β-unsaturated/α-hetero) is 1. The number of fused-ring (bicyclic) bond motifs is 5. The first kappa shape index (κ1) is 18.4. The van der Waals surface area contributed by atoms with Crippen molar-refractivity contribution in [3.05, 3.63) is 0 Å². The molecule has 4 fully saturated rings. The van der Waals surface area contributed by atoms with Gasteiger partial charge in [-0.1, -0.05) is 19.0 Å². The number of hydrogen-bond donors (Lipinski definition) is 1. The van der Waals surface area contributed by atoms with Gasteiger partial charge >= 0.3 is 0 Å². The zero-order valence-corrected chi connectivity index (χ0v) is 16.2. The van der Waals surface area contributed by atoms with E-state index in [0.29, 0.717) is 48.8 Å². The summed E-state index contributed by atoms with van der Waals surface area (Å²) in [6, 6.07) is 0. The first-order valence-electron chi connectivity index (χ1n) is 10.5. The molecule has 5 heteroatoms. The first-order chi connectivity index (χ1) is 12.4. The highest BCUT2D eigenvalue weighted by Crippen LogP contribution is 2.65. The minimum atomic E-state index is -0.994. The summed E-state index contributed by atoms with van der Waals surface area (Å²) in [4.78, 5) is 17.7. The smallest absolute Gasteiger partial charge is 0.145 e. The van der Waals surface area contributed by atoms with Crippen molar-refractivity contribution in [1.82, 2.24) is 0 Å². The van der Waals surface area contributed by atoms with Crippen LogP contribution < -0.4 is 5.73 Å². The molecule has 4 nitrogen and oxygen atoms in total. The van der Waals surface area contributed by atoms with E-state index in [9.17, 15) is 4.79 Å². The van der Waals surface area contributed by atoms with Crippen LogP contribution in [0.3, 0.4) is 0 Å². The van der Waals surface area contributed by atoms with Crippen molar-refractivity contribution in [2.45, 2.75) is 71.4 Å². The first-order valence-corrected chi connectivity index (χ1v) is 10.5. The fourth-order valence-electron chi connectivity index (χ4n) is 7.15. The van der Waals surface area contributed by atoms with Crippen LogP contribution in [0.25, 0.3) is 0 Å². The summed E-state index contributed by atoms with van der Waals surface area (Å²) in [5.41, 5.74) is 5.94. The highest BCUT2D eigenvalue weighted by Gasteiger charge is 2.61. The van der Waals surface area contributed by atoms with Crippen LogP contribution in [-0.2, 0) is 9.63 Å². The summed E-state index contributed by atoms with van der Waals surface area (Å²) in [7, 11) is 0. The van der Waals surface area contributed by atoms with E-state index in [1.807, 2.05) is 0 Å². The maximum absolute atomic E-state index is 15.3. The van der Waals surface area contributed by atoms with Crippen LogP contribution in [0, 0.1) is 34.5 Å². The Bertz CT molecular complexity index is 609. The quantitative estimate of drug-likeness (QED) is 0.610. The van der Waals surface area contributed by atoms with Gasteiger partial charge in [-0.25, -0.2) is 4.39 Å². The number of carbonyl (C=O) groups is 1. The molecule has 0 aromatic carbocycles. The summed E-state index contributed by atoms with van der Waals surface area (Å²) in [6.45, 7) is 5.27. The third kappa shape index (κ3) is 2.56. The third-order valence-electron chi connectivity index (χ3n) is 8.63. The summed E-state index contributed by atoms with van der Waals surface area (Å²) >= 11 is 0. The highest BCUT2D eigenvalue weighted by atomic mass is 19.1. The number of ketones is 1. The minimum Gasteiger partial charge on any atom is -0.394 e. The number of alkyl halides is 1. The predicted octanol–water partition coefficient (Wildman–Crippen LogP) is 3.88. The lowest BCUT2D eigenvalue weighted by molar-refractivity contribution is -0.139. The lowest BCUT2D eigenvalue weighted by Crippen LogP contribution is -2.56. The topological polar surface area (TPSA) is 64.7 Å². The second-order valence-electron chi connectivity index (χ2n) is 9.59. The molecule has 4 saturated carbocycles. The van der Waals surface area contributed by atoms with Crippen LogP contribution in [0.15, 0.2) is 5.16 Å². The lowest BCUT2D eigenvalue weighted by Gasteiger charge is -2.60. The molecule has 4 rings (SSSR count). The van der Waals surface area contributed by atoms with E-state index in [4.69, 9.17) is 10.6 Å². The number of nitrogens with two attached hydrogens (primary N) is 1. The van der Waals surface area contributed by atoms with Gasteiger partial charge in [0.05, 0.1) is 5.71 Å². The van der Waals surface area contributed by atoms with Crippen molar-refractivity contribution < 1.29 is 14.0 Å². The van der Waals surface area contributed by atoms with Crippen molar-refractivity contribution in [3.8, 4) is 0 Å². The largest absolute Gasteiger partial charge is 0.394 e. The second-order valence-corrected chi connectivity index (χ2v) is 9.59. The van der Waals surface area contributed by atoms with Gasteiger partial charge in [-0.05, 0) is 68.1 Å². The molecule has 7 atom stereocenters. The van der Waals surface area contributed by atoms with E-state index >= 15 is 4.39 Å². The van der Waals surface area contributed by atoms with E-state index < -0.39 is 6.17 Å². The average molecular weight is 365 g/mol. The van der Waals surface area contributed by atoms with E-state index in [1.165, 1.54) is 0 Å². The van der Waals surface area contributed by atoms with Crippen molar-refractivity contribution in [2.75, 3.05) is 13.2 Å². The normalized spacial score (nSPS) is 49.5. The molecular formula is C21H33FN2O2. The van der Waals surface area contributed by atoms with Gasteiger partial charge in [-0.2, -0.15) is 0 Å². The standard InChI is InChI=1S/C21H33FN2O2/c1-20-10-8-17(24-26-12-11-23)19(22)16(20)4-3-13-14-5-6-18(25)21(14,2)9-7-15(13)20/h13-16,19H,3-12,23H2,1-2H3/t13-,14-,15+,16?,19?,20+,21-/m0/s1. The highest BCUT2D eigenvalue weighted by molar-refractivity contribution is 5.89. The van der Waals surface area contributed by atoms with Gasteiger partial charge < -0.3 is 10.6 Å². The van der Waals surface area contributed by atoms with Gasteiger partial charge in [0.1, 0.15) is 18.6 Å². The van der Waals surface area contributed by atoms with E-state index in [-0.39, 0.29) is 16.7 Å². The Kier molecular flexibility index (Phi) is 4.65. The molecule has 2 unspecified atom stereocenters. The minimum absolute atomic E-state index is 0.0299. The molecule has 146 valence electrons.